The van der Waals surface area contributed by atoms with Crippen LogP contribution >= 0.6 is 12.4 Å². The third kappa shape index (κ3) is 3.75. The summed E-state index contributed by atoms with van der Waals surface area (Å²) in [4.78, 5) is 25.6. The van der Waals surface area contributed by atoms with E-state index in [4.69, 9.17) is 4.74 Å². The van der Waals surface area contributed by atoms with Crippen LogP contribution in [0.4, 0.5) is 0 Å². The first kappa shape index (κ1) is 21.4. The number of methoxy groups -OCH3 is 1. The topological polar surface area (TPSA) is 95.9 Å². The van der Waals surface area contributed by atoms with Gasteiger partial charge < -0.3 is 20.3 Å². The van der Waals surface area contributed by atoms with Crippen molar-refractivity contribution in [3.63, 3.8) is 0 Å². The smallest absolute Gasteiger partial charge is 0.201 e. The molecule has 3 aromatic rings. The molecule has 0 atom stereocenters. The van der Waals surface area contributed by atoms with Crippen LogP contribution in [0.25, 0.3) is 0 Å². The molecule has 3 N–H and O–H groups in total. The Bertz CT molecular complexity index is 1130. The molecule has 7 heteroatoms. The zero-order chi connectivity index (χ0) is 20.5. The van der Waals surface area contributed by atoms with Gasteiger partial charge in [-0.05, 0) is 41.5 Å². The average Bonchev–Trinajstić information content (AvgIpc) is 2.72. The van der Waals surface area contributed by atoms with E-state index in [0.717, 1.165) is 11.3 Å². The number of nitrogens with one attached hydrogen (secondary N) is 1. The molecule has 1 aliphatic carbocycles. The lowest BCUT2D eigenvalue weighted by molar-refractivity contribution is 0.0974. The first-order chi connectivity index (χ1) is 14.0. The van der Waals surface area contributed by atoms with Gasteiger partial charge in [0.1, 0.15) is 17.2 Å². The number of aromatic hydroxyl groups is 2. The van der Waals surface area contributed by atoms with Crippen molar-refractivity contribution in [2.45, 2.75) is 13.1 Å². The number of carbonyl (C=O) groups excluding carboxylic acids is 2. The van der Waals surface area contributed by atoms with E-state index in [1.54, 1.807) is 13.2 Å². The van der Waals surface area contributed by atoms with Crippen LogP contribution in [0.1, 0.15) is 43.0 Å². The summed E-state index contributed by atoms with van der Waals surface area (Å²) in [6.45, 7) is 0.993. The number of hydrogen-bond donors (Lipinski definition) is 3. The summed E-state index contributed by atoms with van der Waals surface area (Å²) in [5.41, 5.74) is 1.90. The summed E-state index contributed by atoms with van der Waals surface area (Å²) >= 11 is 0. The van der Waals surface area contributed by atoms with Crippen LogP contribution in [0.15, 0.2) is 54.6 Å². The van der Waals surface area contributed by atoms with Crippen molar-refractivity contribution in [3.8, 4) is 17.2 Å². The SMILES string of the molecule is COc1ccc(CNCc2cc(O)c3c(c2)C(=O)c2cccc(O)c2C3=O)cc1.Cl. The molecule has 0 aliphatic heterocycles. The van der Waals surface area contributed by atoms with Crippen LogP contribution in [0.2, 0.25) is 0 Å². The molecule has 4 rings (SSSR count). The molecule has 30 heavy (non-hydrogen) atoms. The van der Waals surface area contributed by atoms with Gasteiger partial charge in [-0.15, -0.1) is 12.4 Å². The first-order valence-corrected chi connectivity index (χ1v) is 9.10. The van der Waals surface area contributed by atoms with Gasteiger partial charge in [0, 0.05) is 24.2 Å². The lowest BCUT2D eigenvalue weighted by atomic mass is 9.82. The number of ether oxygens (including phenoxy) is 1. The van der Waals surface area contributed by atoms with Gasteiger partial charge in [-0.25, -0.2) is 0 Å². The molecule has 154 valence electrons. The van der Waals surface area contributed by atoms with Crippen molar-refractivity contribution in [2.75, 3.05) is 7.11 Å². The van der Waals surface area contributed by atoms with Crippen molar-refractivity contribution >= 4 is 24.0 Å². The number of benzene rings is 3. The highest BCUT2D eigenvalue weighted by Gasteiger charge is 2.34. The van der Waals surface area contributed by atoms with Crippen LogP contribution in [0.5, 0.6) is 17.2 Å². The molecule has 0 bridgehead atoms. The minimum atomic E-state index is -0.553. The molecular weight excluding hydrogens is 406 g/mol. The fourth-order valence-electron chi connectivity index (χ4n) is 3.54. The molecule has 0 spiro atoms. The highest BCUT2D eigenvalue weighted by atomic mass is 35.5. The Morgan fingerprint density at radius 1 is 0.800 bits per heavy atom. The lowest BCUT2D eigenvalue weighted by Gasteiger charge is -2.20. The zero-order valence-corrected chi connectivity index (χ0v) is 17.0. The largest absolute Gasteiger partial charge is 0.507 e. The van der Waals surface area contributed by atoms with E-state index in [0.29, 0.717) is 18.7 Å². The predicted octanol–water partition coefficient (Wildman–Crippen LogP) is 3.59. The Morgan fingerprint density at radius 3 is 2.17 bits per heavy atom. The van der Waals surface area contributed by atoms with E-state index >= 15 is 0 Å². The molecule has 0 aromatic heterocycles. The Kier molecular flexibility index (Phi) is 6.10. The summed E-state index contributed by atoms with van der Waals surface area (Å²) in [7, 11) is 1.61. The summed E-state index contributed by atoms with van der Waals surface area (Å²) in [6.07, 6.45) is 0. The van der Waals surface area contributed by atoms with E-state index in [9.17, 15) is 19.8 Å². The fourth-order valence-corrected chi connectivity index (χ4v) is 3.54. The van der Waals surface area contributed by atoms with Crippen LogP contribution in [-0.2, 0) is 13.1 Å². The van der Waals surface area contributed by atoms with E-state index in [-0.39, 0.29) is 46.2 Å². The van der Waals surface area contributed by atoms with Crippen LogP contribution < -0.4 is 10.1 Å². The number of phenols is 2. The third-order valence-corrected chi connectivity index (χ3v) is 4.98. The van der Waals surface area contributed by atoms with Crippen molar-refractivity contribution in [3.05, 3.63) is 88.0 Å². The molecular formula is C23H20ClNO5. The van der Waals surface area contributed by atoms with Gasteiger partial charge in [-0.1, -0.05) is 24.3 Å². The summed E-state index contributed by atoms with van der Waals surface area (Å²) in [5, 5.41) is 23.7. The normalized spacial score (nSPS) is 12.0. The third-order valence-electron chi connectivity index (χ3n) is 4.98. The van der Waals surface area contributed by atoms with Crippen LogP contribution in [0.3, 0.4) is 0 Å². The second-order valence-corrected chi connectivity index (χ2v) is 6.85. The van der Waals surface area contributed by atoms with Gasteiger partial charge in [0.15, 0.2) is 5.78 Å². The van der Waals surface area contributed by atoms with E-state index in [2.05, 4.69) is 5.32 Å². The molecule has 1 aliphatic rings. The molecule has 0 saturated carbocycles. The van der Waals surface area contributed by atoms with Crippen molar-refractivity contribution in [2.24, 2.45) is 0 Å². The molecule has 0 saturated heterocycles. The van der Waals surface area contributed by atoms with Gasteiger partial charge >= 0.3 is 0 Å². The number of hydrogen-bond acceptors (Lipinski definition) is 6. The van der Waals surface area contributed by atoms with Gasteiger partial charge in [0.05, 0.1) is 18.2 Å². The minimum Gasteiger partial charge on any atom is -0.507 e. The van der Waals surface area contributed by atoms with Gasteiger partial charge in [-0.2, -0.15) is 0 Å². The monoisotopic (exact) mass is 425 g/mol. The quantitative estimate of drug-likeness (QED) is 0.452. The van der Waals surface area contributed by atoms with Crippen LogP contribution in [-0.4, -0.2) is 28.9 Å². The molecule has 3 aromatic carbocycles. The van der Waals surface area contributed by atoms with E-state index < -0.39 is 11.6 Å². The lowest BCUT2D eigenvalue weighted by Crippen LogP contribution is -2.22. The Labute approximate surface area is 179 Å². The maximum Gasteiger partial charge on any atom is 0.201 e. The molecule has 6 nitrogen and oxygen atoms in total. The number of ketones is 2. The van der Waals surface area contributed by atoms with Crippen molar-refractivity contribution < 1.29 is 24.5 Å². The zero-order valence-electron chi connectivity index (χ0n) is 16.1. The van der Waals surface area contributed by atoms with Gasteiger partial charge in [-0.3, -0.25) is 9.59 Å². The number of phenolic OH excluding ortho intramolecular Hbond substituents is 2. The average molecular weight is 426 g/mol. The Hall–Kier alpha value is -3.35. The first-order valence-electron chi connectivity index (χ1n) is 9.10. The highest BCUT2D eigenvalue weighted by molar-refractivity contribution is 6.30. The van der Waals surface area contributed by atoms with E-state index in [1.807, 2.05) is 24.3 Å². The van der Waals surface area contributed by atoms with Crippen molar-refractivity contribution in [1.29, 1.82) is 0 Å². The Morgan fingerprint density at radius 2 is 1.47 bits per heavy atom. The number of rotatable bonds is 5. The minimum absolute atomic E-state index is 0. The van der Waals surface area contributed by atoms with Gasteiger partial charge in [0.25, 0.3) is 0 Å². The second-order valence-electron chi connectivity index (χ2n) is 6.85. The van der Waals surface area contributed by atoms with E-state index in [1.165, 1.54) is 24.3 Å². The van der Waals surface area contributed by atoms with Crippen molar-refractivity contribution in [1.82, 2.24) is 5.32 Å². The Balaban J connectivity index is 0.00000256. The molecule has 0 amide bonds. The number of fused-ring (bicyclic) bond motifs is 2. The number of halogens is 1. The standard InChI is InChI=1S/C23H19NO5.ClH/c1-29-15-7-5-13(6-8-15)11-24-12-14-9-17-21(19(26)10-14)23(28)20-16(22(17)27)3-2-4-18(20)25;/h2-10,24-26H,11-12H2,1H3;1H. The molecule has 0 heterocycles. The number of carbonyl (C=O) groups is 2. The summed E-state index contributed by atoms with van der Waals surface area (Å²) < 4.78 is 5.14. The second kappa shape index (κ2) is 8.57. The maximum atomic E-state index is 12.9. The predicted molar refractivity (Wildman–Crippen MR) is 114 cm³/mol. The molecule has 0 fully saturated rings. The fraction of sp³-hybridized carbons (Fsp3) is 0.130. The summed E-state index contributed by atoms with van der Waals surface area (Å²) in [6, 6.07) is 15.1. The summed E-state index contributed by atoms with van der Waals surface area (Å²) in [5.74, 6) is -0.698. The molecule has 0 radical (unpaired) electrons. The maximum absolute atomic E-state index is 12.9. The van der Waals surface area contributed by atoms with Gasteiger partial charge in [0.2, 0.25) is 5.78 Å². The van der Waals surface area contributed by atoms with Crippen LogP contribution in [0, 0.1) is 0 Å². The molecule has 0 unspecified atom stereocenters. The highest BCUT2D eigenvalue weighted by Crippen LogP contribution is 2.37.